The Morgan fingerprint density at radius 3 is 1.82 bits per heavy atom. The Bertz CT molecular complexity index is 2560. The highest BCUT2D eigenvalue weighted by Crippen LogP contribution is 2.57. The van der Waals surface area contributed by atoms with Gasteiger partial charge in [0.2, 0.25) is 11.8 Å². The molecule has 322 valence electrons. The normalized spacial score (nSPS) is 24.3. The molecule has 2 aromatic carbocycles. The Balaban J connectivity index is 0.847. The van der Waals surface area contributed by atoms with E-state index < -0.39 is 24.3 Å². The Morgan fingerprint density at radius 1 is 0.710 bits per heavy atom. The van der Waals surface area contributed by atoms with Gasteiger partial charge in [0.05, 0.1) is 37.7 Å². The van der Waals surface area contributed by atoms with Crippen LogP contribution in [0.1, 0.15) is 104 Å². The number of hydrogen-bond donors (Lipinski definition) is 4. The molecule has 4 heterocycles. The van der Waals surface area contributed by atoms with Crippen molar-refractivity contribution in [1.29, 1.82) is 0 Å². The summed E-state index contributed by atoms with van der Waals surface area (Å²) in [5.41, 5.74) is 10.6. The summed E-state index contributed by atoms with van der Waals surface area (Å²) in [7, 11) is 2.62. The molecule has 4 aromatic rings. The van der Waals surface area contributed by atoms with E-state index in [0.29, 0.717) is 24.3 Å². The van der Waals surface area contributed by atoms with Crippen LogP contribution in [0.2, 0.25) is 0 Å². The van der Waals surface area contributed by atoms with Gasteiger partial charge in [-0.15, -0.1) is 0 Å². The zero-order valence-electron chi connectivity index (χ0n) is 36.1. The Hall–Kier alpha value is -6.10. The lowest BCUT2D eigenvalue weighted by molar-refractivity contribution is -0.137. The van der Waals surface area contributed by atoms with Crippen molar-refractivity contribution in [3.63, 3.8) is 0 Å². The average molecular weight is 839 g/mol. The summed E-state index contributed by atoms with van der Waals surface area (Å²) < 4.78 is 9.66. The molecule has 0 radical (unpaired) electrons. The number of imidazole rings is 2. The minimum absolute atomic E-state index is 0.0812. The maximum Gasteiger partial charge on any atom is 0.407 e. The Labute approximate surface area is 361 Å². The van der Waals surface area contributed by atoms with Gasteiger partial charge in [0.1, 0.15) is 23.7 Å². The number of alkyl carbamates (subject to hydrolysis) is 2. The summed E-state index contributed by atoms with van der Waals surface area (Å²) in [5.74, 6) is 9.39. The number of piperidine rings is 2. The summed E-state index contributed by atoms with van der Waals surface area (Å²) in [6.45, 7) is 8.40. The predicted octanol–water partition coefficient (Wildman–Crippen LogP) is 6.01. The van der Waals surface area contributed by atoms with Gasteiger partial charge in [0, 0.05) is 46.2 Å². The van der Waals surface area contributed by atoms with Gasteiger partial charge in [-0.3, -0.25) is 9.59 Å². The first kappa shape index (κ1) is 40.0. The van der Waals surface area contributed by atoms with E-state index in [0.717, 1.165) is 102 Å². The van der Waals surface area contributed by atoms with E-state index in [1.54, 1.807) is 0 Å². The molecule has 0 unspecified atom stereocenters. The first-order valence-corrected chi connectivity index (χ1v) is 22.2. The van der Waals surface area contributed by atoms with Gasteiger partial charge in [0.25, 0.3) is 0 Å². The fraction of sp³-hybridized carbons (Fsp3) is 0.500. The van der Waals surface area contributed by atoms with Gasteiger partial charge in [0.15, 0.2) is 0 Å². The molecule has 4 amide bonds. The van der Waals surface area contributed by atoms with Gasteiger partial charge in [-0.05, 0) is 110 Å². The number of aromatic amines is 2. The maximum atomic E-state index is 13.9. The largest absolute Gasteiger partial charge is 0.453 e. The molecule has 2 aromatic heterocycles. The van der Waals surface area contributed by atoms with Crippen molar-refractivity contribution in [2.45, 2.75) is 103 Å². The highest BCUT2D eigenvalue weighted by atomic mass is 16.5. The standard InChI is InChI=1S/C48H54N8O6/c1-23(2)38(53-47(59)61-5)45(57)55-22-30-19-33(30)42(55)44-50-35-16-12-28-18-26(10-14-32(28)41(35)52-44)8-7-25-9-13-31-27(17-25)11-15-34-40(31)51-43(49-34)37-21-29-20-36(29)56(37)46(58)39(24(3)4)54-48(60)62-6/h9-10,13-14,17-18,23-24,29-30,33,36-39,42H,11-12,15-16,19-22H2,1-6H3,(H,49,51)(H,50,52)(H,53,59)(H,54,60)/t29-,30+,33+,36-,37+,38+,39+,42-/m1/s1. The van der Waals surface area contributed by atoms with Crippen LogP contribution >= 0.6 is 0 Å². The highest BCUT2D eigenvalue weighted by molar-refractivity contribution is 5.88. The number of likely N-dealkylation sites (tertiary alicyclic amines) is 2. The molecule has 62 heavy (non-hydrogen) atoms. The third-order valence-electron chi connectivity index (χ3n) is 14.1. The van der Waals surface area contributed by atoms with E-state index in [2.05, 4.69) is 68.8 Å². The molecule has 14 heteroatoms. The molecule has 4 aliphatic carbocycles. The van der Waals surface area contributed by atoms with E-state index in [4.69, 9.17) is 19.4 Å². The molecule has 0 bridgehead atoms. The fourth-order valence-corrected chi connectivity index (χ4v) is 10.6. The maximum absolute atomic E-state index is 13.9. The zero-order valence-corrected chi connectivity index (χ0v) is 36.1. The van der Waals surface area contributed by atoms with Gasteiger partial charge in [-0.1, -0.05) is 51.7 Å². The number of methoxy groups -OCH3 is 2. The second kappa shape index (κ2) is 15.4. The monoisotopic (exact) mass is 838 g/mol. The summed E-state index contributed by atoms with van der Waals surface area (Å²) in [6.07, 6.45) is 5.08. The van der Waals surface area contributed by atoms with Crippen LogP contribution in [-0.4, -0.2) is 92.6 Å². The fourth-order valence-electron chi connectivity index (χ4n) is 10.6. The number of aryl methyl sites for hydroxylation is 4. The number of H-pyrrole nitrogens is 2. The summed E-state index contributed by atoms with van der Waals surface area (Å²) in [6, 6.07) is 11.3. The third-order valence-corrected chi connectivity index (χ3v) is 14.1. The van der Waals surface area contributed by atoms with Crippen LogP contribution in [0.5, 0.6) is 0 Å². The van der Waals surface area contributed by atoms with Gasteiger partial charge in [-0.25, -0.2) is 19.6 Å². The number of ether oxygens (including phenoxy) is 2. The summed E-state index contributed by atoms with van der Waals surface area (Å²) >= 11 is 0. The Kier molecular flexibility index (Phi) is 9.91. The van der Waals surface area contributed by atoms with Crippen molar-refractivity contribution in [3.8, 4) is 34.4 Å². The molecule has 0 spiro atoms. The smallest absolute Gasteiger partial charge is 0.407 e. The molecule has 2 saturated heterocycles. The van der Waals surface area contributed by atoms with E-state index in [-0.39, 0.29) is 41.8 Å². The minimum atomic E-state index is -0.673. The van der Waals surface area contributed by atoms with Crippen molar-refractivity contribution in [3.05, 3.63) is 81.7 Å². The molecular formula is C48H54N8O6. The molecule has 8 atom stereocenters. The molecule has 6 aliphatic rings. The van der Waals surface area contributed by atoms with Crippen molar-refractivity contribution in [2.75, 3.05) is 20.8 Å². The lowest BCUT2D eigenvalue weighted by Crippen LogP contribution is -2.52. The number of carbonyl (C=O) groups is 4. The van der Waals surface area contributed by atoms with Crippen molar-refractivity contribution >= 4 is 24.0 Å². The first-order chi connectivity index (χ1) is 29.9. The Morgan fingerprint density at radius 2 is 1.26 bits per heavy atom. The highest BCUT2D eigenvalue weighted by Gasteiger charge is 2.58. The lowest BCUT2D eigenvalue weighted by atomic mass is 9.90. The average Bonchev–Trinajstić information content (AvgIpc) is 3.92. The number of nitrogens with zero attached hydrogens (tertiary/aromatic N) is 4. The minimum Gasteiger partial charge on any atom is -0.453 e. The van der Waals surface area contributed by atoms with Crippen LogP contribution in [0.25, 0.3) is 22.5 Å². The van der Waals surface area contributed by atoms with Crippen LogP contribution in [0.4, 0.5) is 9.59 Å². The van der Waals surface area contributed by atoms with Crippen molar-refractivity contribution < 1.29 is 28.7 Å². The molecule has 2 saturated carbocycles. The van der Waals surface area contributed by atoms with E-state index in [1.165, 1.54) is 25.3 Å². The number of aromatic nitrogens is 4. The topological polar surface area (TPSA) is 175 Å². The summed E-state index contributed by atoms with van der Waals surface area (Å²) in [4.78, 5) is 73.5. The molecule has 4 fully saturated rings. The molecule has 14 nitrogen and oxygen atoms in total. The molecule has 10 rings (SSSR count). The number of fused-ring (bicyclic) bond motifs is 8. The van der Waals surface area contributed by atoms with Crippen molar-refractivity contribution in [2.24, 2.45) is 29.6 Å². The number of hydrogen-bond acceptors (Lipinski definition) is 8. The van der Waals surface area contributed by atoms with E-state index in [1.807, 2.05) is 37.5 Å². The quantitative estimate of drug-likeness (QED) is 0.156. The number of carbonyl (C=O) groups excluding carboxylic acids is 4. The number of rotatable bonds is 8. The third kappa shape index (κ3) is 6.99. The zero-order chi connectivity index (χ0) is 43.1. The molecule has 4 N–H and O–H groups in total. The second-order valence-electron chi connectivity index (χ2n) is 18.8. The van der Waals surface area contributed by atoms with Crippen LogP contribution in [0.15, 0.2) is 36.4 Å². The van der Waals surface area contributed by atoms with Gasteiger partial charge >= 0.3 is 12.2 Å². The molecule has 2 aliphatic heterocycles. The van der Waals surface area contributed by atoms with Crippen LogP contribution in [-0.2, 0) is 44.7 Å². The first-order valence-electron chi connectivity index (χ1n) is 22.2. The van der Waals surface area contributed by atoms with Gasteiger partial charge in [-0.2, -0.15) is 0 Å². The number of amides is 4. The number of nitrogens with one attached hydrogen (secondary N) is 4. The van der Waals surface area contributed by atoms with Gasteiger partial charge < -0.3 is 39.9 Å². The molecular weight excluding hydrogens is 785 g/mol. The second-order valence-corrected chi connectivity index (χ2v) is 18.8. The van der Waals surface area contributed by atoms with Crippen LogP contribution in [0, 0.1) is 41.4 Å². The summed E-state index contributed by atoms with van der Waals surface area (Å²) in [5, 5.41) is 5.52. The SMILES string of the molecule is COC(=O)N[C@H](C(=O)N1C[C@@H]2C[C@@H]2[C@@H]1c1nc2c([nH]1)CCc1cc(C#Cc3ccc4c(c3)CCc3[nH]c([C@@H]5C[C@H]6C[C@H]6N5C(=O)[C@@H](NC(=O)OC)C(C)C)nc3-4)ccc1-2)C(C)C. The van der Waals surface area contributed by atoms with Crippen LogP contribution in [0.3, 0.4) is 0 Å². The lowest BCUT2D eigenvalue weighted by Gasteiger charge is -2.31. The number of benzene rings is 2. The van der Waals surface area contributed by atoms with Crippen LogP contribution < -0.4 is 10.6 Å². The van der Waals surface area contributed by atoms with E-state index >= 15 is 0 Å². The predicted molar refractivity (Wildman–Crippen MR) is 229 cm³/mol. The van der Waals surface area contributed by atoms with Crippen molar-refractivity contribution in [1.82, 2.24) is 40.4 Å². The van der Waals surface area contributed by atoms with E-state index in [9.17, 15) is 19.2 Å².